The van der Waals surface area contributed by atoms with Crippen molar-refractivity contribution in [2.75, 3.05) is 26.8 Å². The molecule has 17 heavy (non-hydrogen) atoms. The highest BCUT2D eigenvalue weighted by atomic mass is 16.5. The third-order valence-corrected chi connectivity index (χ3v) is 3.32. The summed E-state index contributed by atoms with van der Waals surface area (Å²) in [6.45, 7) is 2.46. The molecule has 0 N–H and O–H groups in total. The summed E-state index contributed by atoms with van der Waals surface area (Å²) in [5.41, 5.74) is 0.809. The van der Waals surface area contributed by atoms with Gasteiger partial charge in [0.15, 0.2) is 5.78 Å². The Bertz CT molecular complexity index is 358. The standard InChI is InChI=1S/C14H19NO2/c1-15(13-8-10-17-11-13)9-7-14(16)12-5-3-2-4-6-12/h2-6,13H,7-11H2,1H3. The number of hydrogen-bond donors (Lipinski definition) is 0. The molecular formula is C14H19NO2. The minimum atomic E-state index is 0.219. The predicted molar refractivity (Wildman–Crippen MR) is 67.2 cm³/mol. The highest BCUT2D eigenvalue weighted by Gasteiger charge is 2.20. The lowest BCUT2D eigenvalue weighted by molar-refractivity contribution is 0.0954. The zero-order chi connectivity index (χ0) is 12.1. The van der Waals surface area contributed by atoms with Crippen LogP contribution in [0.1, 0.15) is 23.2 Å². The van der Waals surface area contributed by atoms with E-state index in [9.17, 15) is 4.79 Å². The lowest BCUT2D eigenvalue weighted by Crippen LogP contribution is -2.33. The average Bonchev–Trinajstić information content (AvgIpc) is 2.90. The monoisotopic (exact) mass is 233 g/mol. The van der Waals surface area contributed by atoms with E-state index in [4.69, 9.17) is 4.74 Å². The van der Waals surface area contributed by atoms with E-state index >= 15 is 0 Å². The van der Waals surface area contributed by atoms with Crippen molar-refractivity contribution in [1.82, 2.24) is 4.90 Å². The molecule has 0 bridgehead atoms. The SMILES string of the molecule is CN(CCC(=O)c1ccccc1)C1CCOC1. The summed E-state index contributed by atoms with van der Waals surface area (Å²) in [5, 5.41) is 0. The molecule has 1 atom stereocenters. The Balaban J connectivity index is 1.80. The van der Waals surface area contributed by atoms with Crippen molar-refractivity contribution in [1.29, 1.82) is 0 Å². The number of ether oxygens (including phenoxy) is 1. The van der Waals surface area contributed by atoms with Crippen LogP contribution in [0.25, 0.3) is 0 Å². The molecule has 2 rings (SSSR count). The fourth-order valence-electron chi connectivity index (χ4n) is 2.10. The van der Waals surface area contributed by atoms with Crippen LogP contribution in [-0.4, -0.2) is 43.5 Å². The van der Waals surface area contributed by atoms with Gasteiger partial charge in [-0.25, -0.2) is 0 Å². The van der Waals surface area contributed by atoms with Crippen LogP contribution in [0, 0.1) is 0 Å². The maximum absolute atomic E-state index is 11.9. The number of carbonyl (C=O) groups is 1. The Morgan fingerprint density at radius 3 is 2.82 bits per heavy atom. The van der Waals surface area contributed by atoms with E-state index in [2.05, 4.69) is 11.9 Å². The number of ketones is 1. The molecule has 0 aliphatic carbocycles. The molecule has 0 saturated carbocycles. The van der Waals surface area contributed by atoms with Gasteiger partial charge in [0.05, 0.1) is 6.61 Å². The molecule has 1 saturated heterocycles. The van der Waals surface area contributed by atoms with Gasteiger partial charge in [-0.05, 0) is 13.5 Å². The van der Waals surface area contributed by atoms with E-state index in [-0.39, 0.29) is 5.78 Å². The second kappa shape index (κ2) is 5.94. The lowest BCUT2D eigenvalue weighted by atomic mass is 10.1. The number of Topliss-reactive ketones (excluding diaryl/α,β-unsaturated/α-hetero) is 1. The first kappa shape index (κ1) is 12.3. The second-order valence-corrected chi connectivity index (χ2v) is 4.54. The normalized spacial score (nSPS) is 19.8. The minimum absolute atomic E-state index is 0.219. The van der Waals surface area contributed by atoms with Gasteiger partial charge < -0.3 is 9.64 Å². The highest BCUT2D eigenvalue weighted by molar-refractivity contribution is 5.96. The molecule has 3 nitrogen and oxygen atoms in total. The number of benzene rings is 1. The molecule has 0 spiro atoms. The van der Waals surface area contributed by atoms with Crippen LogP contribution in [0.5, 0.6) is 0 Å². The summed E-state index contributed by atoms with van der Waals surface area (Å²) in [5.74, 6) is 0.219. The van der Waals surface area contributed by atoms with Crippen molar-refractivity contribution in [2.24, 2.45) is 0 Å². The number of likely N-dealkylation sites (N-methyl/N-ethyl adjacent to an activating group) is 1. The van der Waals surface area contributed by atoms with Gasteiger partial charge in [-0.3, -0.25) is 4.79 Å². The van der Waals surface area contributed by atoms with E-state index in [0.29, 0.717) is 12.5 Å². The van der Waals surface area contributed by atoms with E-state index in [1.165, 1.54) is 0 Å². The van der Waals surface area contributed by atoms with Gasteiger partial charge in [0.1, 0.15) is 0 Å². The topological polar surface area (TPSA) is 29.5 Å². The zero-order valence-electron chi connectivity index (χ0n) is 10.3. The molecule has 1 unspecified atom stereocenters. The fraction of sp³-hybridized carbons (Fsp3) is 0.500. The molecule has 92 valence electrons. The minimum Gasteiger partial charge on any atom is -0.380 e. The lowest BCUT2D eigenvalue weighted by Gasteiger charge is -2.22. The summed E-state index contributed by atoms with van der Waals surface area (Å²) in [4.78, 5) is 14.1. The van der Waals surface area contributed by atoms with Crippen molar-refractivity contribution in [2.45, 2.75) is 18.9 Å². The smallest absolute Gasteiger partial charge is 0.164 e. The van der Waals surface area contributed by atoms with E-state index < -0.39 is 0 Å². The Morgan fingerprint density at radius 1 is 1.41 bits per heavy atom. The fourth-order valence-corrected chi connectivity index (χ4v) is 2.10. The number of hydrogen-bond acceptors (Lipinski definition) is 3. The number of rotatable bonds is 5. The van der Waals surface area contributed by atoms with Gasteiger partial charge in [0.25, 0.3) is 0 Å². The van der Waals surface area contributed by atoms with Crippen LogP contribution >= 0.6 is 0 Å². The quantitative estimate of drug-likeness (QED) is 0.728. The third-order valence-electron chi connectivity index (χ3n) is 3.32. The summed E-state index contributed by atoms with van der Waals surface area (Å²) in [6, 6.07) is 9.98. The molecule has 1 heterocycles. The van der Waals surface area contributed by atoms with Crippen LogP contribution in [0.15, 0.2) is 30.3 Å². The Labute approximate surface area is 102 Å². The number of nitrogens with zero attached hydrogens (tertiary/aromatic N) is 1. The summed E-state index contributed by atoms with van der Waals surface area (Å²) in [7, 11) is 2.07. The Hall–Kier alpha value is -1.19. The van der Waals surface area contributed by atoms with Gasteiger partial charge in [-0.2, -0.15) is 0 Å². The van der Waals surface area contributed by atoms with E-state index in [1.54, 1.807) is 0 Å². The summed E-state index contributed by atoms with van der Waals surface area (Å²) < 4.78 is 5.34. The maximum atomic E-state index is 11.9. The van der Waals surface area contributed by atoms with Crippen molar-refractivity contribution in [3.63, 3.8) is 0 Å². The molecule has 1 aliphatic heterocycles. The van der Waals surface area contributed by atoms with Gasteiger partial charge in [0.2, 0.25) is 0 Å². The molecule has 0 radical (unpaired) electrons. The Kier molecular flexibility index (Phi) is 4.29. The average molecular weight is 233 g/mol. The van der Waals surface area contributed by atoms with Gasteiger partial charge in [0, 0.05) is 31.2 Å². The van der Waals surface area contributed by atoms with Crippen LogP contribution in [-0.2, 0) is 4.74 Å². The molecular weight excluding hydrogens is 214 g/mol. The Morgan fingerprint density at radius 2 is 2.18 bits per heavy atom. The second-order valence-electron chi connectivity index (χ2n) is 4.54. The van der Waals surface area contributed by atoms with Crippen molar-refractivity contribution in [3.8, 4) is 0 Å². The van der Waals surface area contributed by atoms with Crippen LogP contribution in [0.2, 0.25) is 0 Å². The molecule has 1 fully saturated rings. The molecule has 0 aromatic heterocycles. The predicted octanol–water partition coefficient (Wildman–Crippen LogP) is 1.98. The van der Waals surface area contributed by atoms with E-state index in [0.717, 1.165) is 31.7 Å². The first-order valence-electron chi connectivity index (χ1n) is 6.13. The van der Waals surface area contributed by atoms with E-state index in [1.807, 2.05) is 30.3 Å². The molecule has 1 aromatic carbocycles. The first-order chi connectivity index (χ1) is 8.27. The summed E-state index contributed by atoms with van der Waals surface area (Å²) in [6.07, 6.45) is 1.66. The largest absolute Gasteiger partial charge is 0.380 e. The van der Waals surface area contributed by atoms with Crippen molar-refractivity contribution < 1.29 is 9.53 Å². The molecule has 0 amide bonds. The van der Waals surface area contributed by atoms with Crippen LogP contribution in [0.4, 0.5) is 0 Å². The van der Waals surface area contributed by atoms with Crippen LogP contribution < -0.4 is 0 Å². The van der Waals surface area contributed by atoms with Gasteiger partial charge in [-0.1, -0.05) is 30.3 Å². The van der Waals surface area contributed by atoms with Gasteiger partial charge >= 0.3 is 0 Å². The third kappa shape index (κ3) is 3.38. The van der Waals surface area contributed by atoms with Crippen LogP contribution in [0.3, 0.4) is 0 Å². The van der Waals surface area contributed by atoms with Gasteiger partial charge in [-0.15, -0.1) is 0 Å². The number of carbonyl (C=O) groups excluding carboxylic acids is 1. The summed E-state index contributed by atoms with van der Waals surface area (Å²) >= 11 is 0. The van der Waals surface area contributed by atoms with Crippen molar-refractivity contribution in [3.05, 3.63) is 35.9 Å². The molecule has 1 aliphatic rings. The van der Waals surface area contributed by atoms with Crippen molar-refractivity contribution >= 4 is 5.78 Å². The maximum Gasteiger partial charge on any atom is 0.164 e. The highest BCUT2D eigenvalue weighted by Crippen LogP contribution is 2.11. The first-order valence-corrected chi connectivity index (χ1v) is 6.13. The molecule has 3 heteroatoms. The molecule has 1 aromatic rings. The zero-order valence-corrected chi connectivity index (χ0v) is 10.3.